The molecule has 0 bridgehead atoms. The third-order valence-corrected chi connectivity index (χ3v) is 3.64. The first kappa shape index (κ1) is 12.1. The van der Waals surface area contributed by atoms with Crippen molar-refractivity contribution < 1.29 is 14.3 Å². The summed E-state index contributed by atoms with van der Waals surface area (Å²) in [4.78, 5) is 14.3. The van der Waals surface area contributed by atoms with Crippen LogP contribution in [-0.2, 0) is 20.1 Å². The number of benzene rings is 1. The van der Waals surface area contributed by atoms with E-state index < -0.39 is 5.79 Å². The largest absolute Gasteiger partial charge is 0.338 e. The van der Waals surface area contributed by atoms with Gasteiger partial charge in [0.25, 0.3) is 11.7 Å². The van der Waals surface area contributed by atoms with Crippen molar-refractivity contribution >= 4 is 27.5 Å². The molecule has 18 heavy (non-hydrogen) atoms. The monoisotopic (exact) mass is 311 g/mol. The van der Waals surface area contributed by atoms with Crippen LogP contribution >= 0.6 is 15.9 Å². The highest BCUT2D eigenvalue weighted by atomic mass is 79.9. The van der Waals surface area contributed by atoms with Crippen molar-refractivity contribution in [2.24, 2.45) is 0 Å². The minimum absolute atomic E-state index is 0.108. The maximum atomic E-state index is 12.6. The Bertz CT molecular complexity index is 471. The van der Waals surface area contributed by atoms with Gasteiger partial charge in [-0.2, -0.15) is 0 Å². The molecule has 1 aromatic rings. The highest BCUT2D eigenvalue weighted by Gasteiger charge is 2.54. The van der Waals surface area contributed by atoms with Crippen LogP contribution in [0.1, 0.15) is 12.0 Å². The molecule has 0 saturated carbocycles. The molecular formula is C13H14BrNO3. The van der Waals surface area contributed by atoms with Gasteiger partial charge in [-0.15, -0.1) is 0 Å². The van der Waals surface area contributed by atoms with Crippen LogP contribution in [0.15, 0.2) is 24.3 Å². The molecule has 1 fully saturated rings. The first-order valence-electron chi connectivity index (χ1n) is 6.05. The van der Waals surface area contributed by atoms with Gasteiger partial charge in [-0.05, 0) is 12.5 Å². The quantitative estimate of drug-likeness (QED) is 0.784. The number of nitrogens with zero attached hydrogens (tertiary/aromatic N) is 1. The van der Waals surface area contributed by atoms with Gasteiger partial charge in [0.05, 0.1) is 18.9 Å². The third kappa shape index (κ3) is 1.61. The predicted octanol–water partition coefficient (Wildman–Crippen LogP) is 2.02. The molecule has 1 spiro atoms. The summed E-state index contributed by atoms with van der Waals surface area (Å²) in [6, 6.07) is 7.68. The van der Waals surface area contributed by atoms with Crippen molar-refractivity contribution in [1.29, 1.82) is 0 Å². The van der Waals surface area contributed by atoms with Crippen LogP contribution in [0.25, 0.3) is 0 Å². The smallest absolute Gasteiger partial charge is 0.292 e. The first-order valence-corrected chi connectivity index (χ1v) is 7.17. The van der Waals surface area contributed by atoms with E-state index in [1.807, 2.05) is 24.3 Å². The fraction of sp³-hybridized carbons (Fsp3) is 0.462. The summed E-state index contributed by atoms with van der Waals surface area (Å²) >= 11 is 3.38. The lowest BCUT2D eigenvalue weighted by Crippen LogP contribution is -2.47. The van der Waals surface area contributed by atoms with Gasteiger partial charge >= 0.3 is 0 Å². The van der Waals surface area contributed by atoms with Gasteiger partial charge in [0.15, 0.2) is 0 Å². The van der Waals surface area contributed by atoms with Crippen molar-refractivity contribution in [3.63, 3.8) is 0 Å². The Hall–Kier alpha value is -0.910. The Morgan fingerprint density at radius 1 is 1.28 bits per heavy atom. The number of para-hydroxylation sites is 1. The van der Waals surface area contributed by atoms with Gasteiger partial charge in [0.2, 0.25) is 0 Å². The van der Waals surface area contributed by atoms with Crippen LogP contribution < -0.4 is 4.90 Å². The lowest BCUT2D eigenvalue weighted by molar-refractivity contribution is -0.256. The second-order valence-electron chi connectivity index (χ2n) is 4.33. The molecule has 96 valence electrons. The normalized spacial score (nSPS) is 21.4. The Morgan fingerprint density at radius 3 is 2.72 bits per heavy atom. The number of amides is 1. The molecular weight excluding hydrogens is 298 g/mol. The fourth-order valence-electron chi connectivity index (χ4n) is 2.51. The maximum absolute atomic E-state index is 12.6. The summed E-state index contributed by atoms with van der Waals surface area (Å²) in [7, 11) is 0. The zero-order valence-electron chi connectivity index (χ0n) is 9.89. The van der Waals surface area contributed by atoms with Crippen molar-refractivity contribution in [3.8, 4) is 0 Å². The SMILES string of the molecule is O=C1N(CCBr)c2ccccc2C12OCCCO2. The van der Waals surface area contributed by atoms with Gasteiger partial charge in [-0.3, -0.25) is 4.79 Å². The minimum atomic E-state index is -1.20. The Morgan fingerprint density at radius 2 is 2.00 bits per heavy atom. The van der Waals surface area contributed by atoms with Crippen molar-refractivity contribution in [2.45, 2.75) is 12.2 Å². The molecule has 0 aliphatic carbocycles. The number of fused-ring (bicyclic) bond motifs is 2. The topological polar surface area (TPSA) is 38.8 Å². The van der Waals surface area contributed by atoms with Gasteiger partial charge in [0, 0.05) is 17.4 Å². The van der Waals surface area contributed by atoms with E-state index in [-0.39, 0.29) is 5.91 Å². The van der Waals surface area contributed by atoms with Gasteiger partial charge in [-0.25, -0.2) is 0 Å². The molecule has 0 N–H and O–H groups in total. The van der Waals surface area contributed by atoms with Crippen LogP contribution in [0, 0.1) is 0 Å². The highest BCUT2D eigenvalue weighted by molar-refractivity contribution is 9.09. The number of hydrogen-bond acceptors (Lipinski definition) is 3. The summed E-state index contributed by atoms with van der Waals surface area (Å²) in [5, 5.41) is 0.725. The van der Waals surface area contributed by atoms with E-state index in [0.29, 0.717) is 19.8 Å². The molecule has 0 radical (unpaired) electrons. The number of alkyl halides is 1. The molecule has 0 aromatic heterocycles. The average Bonchev–Trinajstić information content (AvgIpc) is 2.64. The van der Waals surface area contributed by atoms with E-state index in [1.165, 1.54) is 0 Å². The molecule has 1 amide bonds. The van der Waals surface area contributed by atoms with Gasteiger partial charge in [-0.1, -0.05) is 34.1 Å². The van der Waals surface area contributed by atoms with Gasteiger partial charge in [0.1, 0.15) is 0 Å². The minimum Gasteiger partial charge on any atom is -0.338 e. The molecule has 0 unspecified atom stereocenters. The molecule has 1 saturated heterocycles. The van der Waals surface area contributed by atoms with Crippen molar-refractivity contribution in [2.75, 3.05) is 30.0 Å². The predicted molar refractivity (Wildman–Crippen MR) is 70.8 cm³/mol. The van der Waals surface area contributed by atoms with E-state index in [4.69, 9.17) is 9.47 Å². The zero-order chi connectivity index (χ0) is 12.6. The number of carbonyl (C=O) groups excluding carboxylic acids is 1. The van der Waals surface area contributed by atoms with E-state index in [0.717, 1.165) is 23.0 Å². The second-order valence-corrected chi connectivity index (χ2v) is 5.12. The summed E-state index contributed by atoms with van der Waals surface area (Å²) in [6.07, 6.45) is 0.829. The van der Waals surface area contributed by atoms with E-state index in [9.17, 15) is 4.79 Å². The Labute approximate surface area is 114 Å². The van der Waals surface area contributed by atoms with Crippen LogP contribution in [0.3, 0.4) is 0 Å². The number of hydrogen-bond donors (Lipinski definition) is 0. The standard InChI is InChI=1S/C13H14BrNO3/c14-6-7-15-11-5-2-1-4-10(11)13(12(15)16)17-8-3-9-18-13/h1-2,4-5H,3,6-9H2. The maximum Gasteiger partial charge on any atom is 0.292 e. The second kappa shape index (κ2) is 4.64. The third-order valence-electron chi connectivity index (χ3n) is 3.28. The highest BCUT2D eigenvalue weighted by Crippen LogP contribution is 2.44. The summed E-state index contributed by atoms with van der Waals surface area (Å²) in [5.41, 5.74) is 1.72. The van der Waals surface area contributed by atoms with E-state index in [1.54, 1.807) is 4.90 Å². The fourth-order valence-corrected chi connectivity index (χ4v) is 2.86. The number of anilines is 1. The van der Waals surface area contributed by atoms with Crippen LogP contribution in [0.2, 0.25) is 0 Å². The number of ether oxygens (including phenoxy) is 2. The van der Waals surface area contributed by atoms with Crippen LogP contribution in [0.4, 0.5) is 5.69 Å². The number of halogens is 1. The van der Waals surface area contributed by atoms with Crippen LogP contribution in [-0.4, -0.2) is 31.0 Å². The molecule has 5 heteroatoms. The molecule has 4 nitrogen and oxygen atoms in total. The molecule has 2 aliphatic heterocycles. The van der Waals surface area contributed by atoms with E-state index >= 15 is 0 Å². The first-order chi connectivity index (χ1) is 8.79. The molecule has 0 atom stereocenters. The van der Waals surface area contributed by atoms with Crippen molar-refractivity contribution in [3.05, 3.63) is 29.8 Å². The lowest BCUT2D eigenvalue weighted by Gasteiger charge is -2.32. The zero-order valence-corrected chi connectivity index (χ0v) is 11.5. The summed E-state index contributed by atoms with van der Waals surface area (Å²) in [5.74, 6) is -1.31. The Kier molecular flexibility index (Phi) is 3.13. The van der Waals surface area contributed by atoms with Gasteiger partial charge < -0.3 is 14.4 Å². The molecule has 3 rings (SSSR count). The van der Waals surface area contributed by atoms with Crippen molar-refractivity contribution in [1.82, 2.24) is 0 Å². The molecule has 1 aromatic carbocycles. The lowest BCUT2D eigenvalue weighted by atomic mass is 10.1. The molecule has 2 aliphatic rings. The van der Waals surface area contributed by atoms with Crippen LogP contribution in [0.5, 0.6) is 0 Å². The summed E-state index contributed by atoms with van der Waals surface area (Å²) in [6.45, 7) is 1.73. The molecule has 2 heterocycles. The summed E-state index contributed by atoms with van der Waals surface area (Å²) < 4.78 is 11.4. The van der Waals surface area contributed by atoms with E-state index in [2.05, 4.69) is 15.9 Å². The Balaban J connectivity index is 2.08. The number of rotatable bonds is 2. The number of carbonyl (C=O) groups is 1. The average molecular weight is 312 g/mol.